The van der Waals surface area contributed by atoms with Crippen LogP contribution in [0.15, 0.2) is 261 Å². The fraction of sp³-hybridized carbons (Fsp3) is 0. The van der Waals surface area contributed by atoms with Gasteiger partial charge in [-0.05, 0) is 78.9 Å². The first-order valence-corrected chi connectivity index (χ1v) is 30.8. The van der Waals surface area contributed by atoms with Crippen LogP contribution in [0.2, 0.25) is 0 Å². The Bertz CT molecular complexity index is 5740. The lowest BCUT2D eigenvalue weighted by Crippen LogP contribution is -1.99. The van der Waals surface area contributed by atoms with Gasteiger partial charge in [0, 0.05) is 112 Å². The molecule has 0 unspecified atom stereocenters. The Morgan fingerprint density at radius 3 is 0.988 bits per heavy atom. The maximum Gasteiger partial charge on any atom is 0.160 e. The molecule has 19 aromatic rings. The van der Waals surface area contributed by atoms with E-state index in [-0.39, 0.29) is 0 Å². The Morgan fingerprint density at radius 2 is 0.583 bits per heavy atom. The molecule has 0 aliphatic heterocycles. The minimum Gasteiger partial charge on any atom is -0.308 e. The van der Waals surface area contributed by atoms with Crippen LogP contribution in [0, 0.1) is 0 Å². The van der Waals surface area contributed by atoms with Crippen molar-refractivity contribution in [1.82, 2.24) is 23.7 Å². The highest BCUT2D eigenvalue weighted by atomic mass is 32.1. The van der Waals surface area contributed by atoms with E-state index in [9.17, 15) is 0 Å². The molecule has 0 aliphatic carbocycles. The van der Waals surface area contributed by atoms with Gasteiger partial charge in [-0.2, -0.15) is 0 Å². The highest BCUT2D eigenvalue weighted by Crippen LogP contribution is 2.47. The van der Waals surface area contributed by atoms with E-state index >= 15 is 0 Å². The number of fused-ring (bicyclic) bond motifs is 21. The lowest BCUT2D eigenvalue weighted by Gasteiger charge is -2.14. The second-order valence-electron chi connectivity index (χ2n) is 22.0. The van der Waals surface area contributed by atoms with Gasteiger partial charge in [0.2, 0.25) is 0 Å². The van der Waals surface area contributed by atoms with E-state index in [1.807, 2.05) is 34.0 Å². The van der Waals surface area contributed by atoms with Crippen LogP contribution in [0.4, 0.5) is 0 Å². The molecule has 7 aromatic heterocycles. The van der Waals surface area contributed by atoms with Crippen molar-refractivity contribution in [3.63, 3.8) is 0 Å². The van der Waals surface area contributed by atoms with Crippen LogP contribution in [-0.4, -0.2) is 23.7 Å². The molecule has 0 aliphatic rings. The van der Waals surface area contributed by atoms with E-state index in [1.54, 1.807) is 0 Å². The molecule has 0 atom stereocenters. The molecule has 12 aromatic carbocycles. The highest BCUT2D eigenvalue weighted by Gasteiger charge is 2.23. The maximum absolute atomic E-state index is 5.53. The minimum atomic E-state index is 0.661. The van der Waals surface area contributed by atoms with Crippen molar-refractivity contribution < 1.29 is 0 Å². The van der Waals surface area contributed by atoms with Crippen molar-refractivity contribution in [2.45, 2.75) is 0 Å². The van der Waals surface area contributed by atoms with Gasteiger partial charge in [-0.25, -0.2) is 9.97 Å². The summed E-state index contributed by atoms with van der Waals surface area (Å²) < 4.78 is 15.1. The van der Waals surface area contributed by atoms with Crippen molar-refractivity contribution >= 4 is 160 Å². The zero-order valence-corrected chi connectivity index (χ0v) is 47.2. The number of aromatic nitrogens is 5. The molecule has 0 saturated carbocycles. The van der Waals surface area contributed by atoms with Crippen molar-refractivity contribution in [2.24, 2.45) is 0 Å². The average molecular weight is 1120 g/mol. The van der Waals surface area contributed by atoms with Crippen LogP contribution < -0.4 is 0 Å². The molecule has 0 N–H and O–H groups in total. The molecule has 84 heavy (non-hydrogen) atoms. The van der Waals surface area contributed by atoms with Gasteiger partial charge in [0.05, 0.1) is 58.6 Å². The highest BCUT2D eigenvalue weighted by molar-refractivity contribution is 7.27. The Kier molecular flexibility index (Phi) is 9.75. The van der Waals surface area contributed by atoms with E-state index in [0.29, 0.717) is 5.82 Å². The van der Waals surface area contributed by atoms with Crippen LogP contribution in [0.1, 0.15) is 0 Å². The van der Waals surface area contributed by atoms with Gasteiger partial charge in [0.15, 0.2) is 5.82 Å². The summed E-state index contributed by atoms with van der Waals surface area (Å²) in [6.45, 7) is 0. The molecule has 0 radical (unpaired) electrons. The lowest BCUT2D eigenvalue weighted by atomic mass is 10.1. The first-order chi connectivity index (χ1) is 41.6. The van der Waals surface area contributed by atoms with Gasteiger partial charge in [-0.15, -0.1) is 34.0 Å². The fourth-order valence-electron chi connectivity index (χ4n) is 13.7. The second-order valence-corrected chi connectivity index (χ2v) is 25.1. The molecule has 0 bridgehead atoms. The molecule has 7 heterocycles. The summed E-state index contributed by atoms with van der Waals surface area (Å²) in [4.78, 5) is 11.1. The van der Waals surface area contributed by atoms with Gasteiger partial charge in [-0.1, -0.05) is 182 Å². The van der Waals surface area contributed by atoms with Gasteiger partial charge in [0.25, 0.3) is 0 Å². The van der Waals surface area contributed by atoms with Crippen LogP contribution >= 0.6 is 34.0 Å². The van der Waals surface area contributed by atoms with Crippen molar-refractivity contribution in [3.05, 3.63) is 261 Å². The zero-order chi connectivity index (χ0) is 54.7. The predicted molar refractivity (Wildman–Crippen MR) is 360 cm³/mol. The van der Waals surface area contributed by atoms with E-state index in [2.05, 4.69) is 275 Å². The Labute approximate surface area is 492 Å². The lowest BCUT2D eigenvalue weighted by molar-refractivity contribution is 1.15. The van der Waals surface area contributed by atoms with Gasteiger partial charge in [0.1, 0.15) is 0 Å². The Hall–Kier alpha value is -10.2. The average Bonchev–Trinajstić information content (AvgIpc) is 2.43. The van der Waals surface area contributed by atoms with Gasteiger partial charge < -0.3 is 13.7 Å². The third-order valence-electron chi connectivity index (χ3n) is 17.5. The summed E-state index contributed by atoms with van der Waals surface area (Å²) in [5, 5.41) is 15.2. The smallest absolute Gasteiger partial charge is 0.160 e. The maximum atomic E-state index is 5.53. The number of thiophene rings is 3. The molecule has 5 nitrogen and oxygen atoms in total. The zero-order valence-electron chi connectivity index (χ0n) is 44.8. The fourth-order valence-corrected chi connectivity index (χ4v) is 17.4. The summed E-state index contributed by atoms with van der Waals surface area (Å²) in [5.74, 6) is 0.661. The first kappa shape index (κ1) is 46.4. The van der Waals surface area contributed by atoms with Crippen molar-refractivity contribution in [1.29, 1.82) is 0 Å². The van der Waals surface area contributed by atoms with Crippen LogP contribution in [0.25, 0.3) is 177 Å². The van der Waals surface area contributed by atoms with Crippen LogP contribution in [0.3, 0.4) is 0 Å². The molecule has 0 fully saturated rings. The van der Waals surface area contributed by atoms with Crippen molar-refractivity contribution in [3.8, 4) is 51.0 Å². The number of rotatable bonds is 6. The summed E-state index contributed by atoms with van der Waals surface area (Å²) in [6.07, 6.45) is 0. The Morgan fingerprint density at radius 1 is 0.238 bits per heavy atom. The minimum absolute atomic E-state index is 0.661. The monoisotopic (exact) mass is 1120 g/mol. The van der Waals surface area contributed by atoms with E-state index in [4.69, 9.17) is 9.97 Å². The SMILES string of the molecule is c1cc(-c2nc(-c3ccc(-n4c5ccccc5c5ccc6c7ccccc7sc6c54)cc3)cc(-c3ccc(-n4c5ccccc5c5ccc6c7ccccc7sc6c54)cc3)n2)cc(-n2c3ccccc3c3ccc4c5ccccc5sc4c32)c1. The molecule has 0 spiro atoms. The molecule has 8 heteroatoms. The summed E-state index contributed by atoms with van der Waals surface area (Å²) in [7, 11) is 0. The normalized spacial score (nSPS) is 12.3. The number of nitrogens with zero attached hydrogens (tertiary/aromatic N) is 5. The molecule has 19 rings (SSSR count). The van der Waals surface area contributed by atoms with Gasteiger partial charge >= 0.3 is 0 Å². The van der Waals surface area contributed by atoms with E-state index < -0.39 is 0 Å². The van der Waals surface area contributed by atoms with Crippen LogP contribution in [0.5, 0.6) is 0 Å². The van der Waals surface area contributed by atoms with E-state index in [0.717, 1.165) is 50.7 Å². The Balaban J connectivity index is 0.793. The number of hydrogen-bond acceptors (Lipinski definition) is 5. The van der Waals surface area contributed by atoms with Gasteiger partial charge in [-0.3, -0.25) is 0 Å². The van der Waals surface area contributed by atoms with Crippen LogP contribution in [-0.2, 0) is 0 Å². The third-order valence-corrected chi connectivity index (χ3v) is 21.0. The number of para-hydroxylation sites is 3. The van der Waals surface area contributed by atoms with E-state index in [1.165, 1.54) is 120 Å². The number of benzene rings is 12. The first-order valence-electron chi connectivity index (χ1n) is 28.4. The predicted octanol–water partition coefficient (Wildman–Crippen LogP) is 21.9. The topological polar surface area (TPSA) is 40.6 Å². The largest absolute Gasteiger partial charge is 0.308 e. The molecule has 0 amide bonds. The summed E-state index contributed by atoms with van der Waals surface area (Å²) in [6, 6.07) is 95.6. The molecular formula is C76H43N5S3. The molecule has 0 saturated heterocycles. The summed E-state index contributed by atoms with van der Waals surface area (Å²) >= 11 is 5.63. The molecular weight excluding hydrogens is 1080 g/mol. The third kappa shape index (κ3) is 6.64. The summed E-state index contributed by atoms with van der Waals surface area (Å²) in [5.41, 5.74) is 15.2. The quantitative estimate of drug-likeness (QED) is 0.166. The number of hydrogen-bond donors (Lipinski definition) is 0. The standard InChI is InChI=1S/C76H43N5S3/c1-7-22-64-50(16-1)56-36-39-59-53-19-4-10-25-67(53)82-73(59)70(56)79(64)47-32-28-44(29-33-47)62-43-63(45-30-34-48(35-31-45)80-65-23-8-2-17-51(65)57-37-40-60-54-20-5-11-26-68(54)83-74(60)71(57)80)78-76(77-62)46-14-13-15-49(42-46)81-66-24-9-3-18-52(66)58-38-41-61-55-21-6-12-27-69(55)84-75(61)72(58)81/h1-43H. The second kappa shape index (κ2) is 17.6. The van der Waals surface area contributed by atoms with Crippen molar-refractivity contribution in [2.75, 3.05) is 0 Å². The molecule has 390 valence electrons.